The van der Waals surface area contributed by atoms with E-state index in [0.717, 1.165) is 30.3 Å². The molecule has 0 heterocycles. The highest BCUT2D eigenvalue weighted by molar-refractivity contribution is 7.87. The predicted molar refractivity (Wildman–Crippen MR) is 200 cm³/mol. The fourth-order valence-corrected chi connectivity index (χ4v) is 8.21. The fraction of sp³-hybridized carbons (Fsp3) is 0.0588. The Kier molecular flexibility index (Phi) is 10.1. The minimum atomic E-state index is -5.10. The number of rotatable bonds is 9. The Morgan fingerprint density at radius 3 is 1.48 bits per heavy atom. The van der Waals surface area contributed by atoms with Crippen LogP contribution in [0.2, 0.25) is 0 Å². The maximum absolute atomic E-state index is 12.2. The molecule has 0 atom stereocenters. The van der Waals surface area contributed by atoms with Crippen LogP contribution in [0.5, 0.6) is 11.5 Å². The number of hydrogen-bond donors (Lipinski definition) is 6. The van der Waals surface area contributed by atoms with Gasteiger partial charge in [0.15, 0.2) is 5.75 Å². The van der Waals surface area contributed by atoms with E-state index in [-0.39, 0.29) is 32.9 Å². The molecule has 290 valence electrons. The summed E-state index contributed by atoms with van der Waals surface area (Å²) < 4.78 is 134. The third-order valence-electron chi connectivity index (χ3n) is 8.42. The Hall–Kier alpha value is -5.72. The zero-order valence-electron chi connectivity index (χ0n) is 28.5. The second kappa shape index (κ2) is 14.1. The minimum Gasteiger partial charge on any atom is -0.506 e. The highest BCUT2D eigenvalue weighted by atomic mass is 32.2. The van der Waals surface area contributed by atoms with Crippen LogP contribution in [0, 0.1) is 13.8 Å². The van der Waals surface area contributed by atoms with Gasteiger partial charge in [0.2, 0.25) is 0 Å². The zero-order chi connectivity index (χ0) is 41.1. The smallest absolute Gasteiger partial charge is 0.298 e. The molecule has 0 spiro atoms. The number of aryl methyl sites for hydroxylation is 2. The van der Waals surface area contributed by atoms with Crippen molar-refractivity contribution in [1.82, 2.24) is 0 Å². The van der Waals surface area contributed by atoms with Crippen LogP contribution in [0.3, 0.4) is 0 Å². The fourth-order valence-electron chi connectivity index (χ4n) is 5.72. The van der Waals surface area contributed by atoms with Crippen LogP contribution in [0.4, 0.5) is 22.7 Å². The summed E-state index contributed by atoms with van der Waals surface area (Å²) in [5.41, 5.74) is 2.24. The van der Waals surface area contributed by atoms with Gasteiger partial charge in [0.1, 0.15) is 26.9 Å². The van der Waals surface area contributed by atoms with Crippen molar-refractivity contribution < 1.29 is 62.1 Å². The number of nitrogens with zero attached hydrogens (tertiary/aromatic N) is 4. The summed E-state index contributed by atoms with van der Waals surface area (Å²) in [6, 6.07) is 17.6. The van der Waals surface area contributed by atoms with Gasteiger partial charge in [0.25, 0.3) is 40.5 Å². The Balaban J connectivity index is 1.34. The first-order chi connectivity index (χ1) is 25.9. The number of hydrogen-bond acceptors (Lipinski definition) is 14. The molecule has 0 radical (unpaired) electrons. The lowest BCUT2D eigenvalue weighted by Crippen LogP contribution is -2.04. The summed E-state index contributed by atoms with van der Waals surface area (Å²) in [6.45, 7) is 3.38. The monoisotopic (exact) mass is 842 g/mol. The van der Waals surface area contributed by atoms with Gasteiger partial charge in [-0.25, -0.2) is 0 Å². The molecule has 0 unspecified atom stereocenters. The Labute approximate surface area is 318 Å². The molecular formula is C34H26N4O14S4. The van der Waals surface area contributed by atoms with Crippen LogP contribution in [0.25, 0.3) is 32.7 Å². The van der Waals surface area contributed by atoms with Crippen LogP contribution in [-0.4, -0.2) is 62.1 Å². The predicted octanol–water partition coefficient (Wildman–Crippen LogP) is 7.51. The summed E-state index contributed by atoms with van der Waals surface area (Å²) in [6.07, 6.45) is 0. The van der Waals surface area contributed by atoms with Crippen molar-refractivity contribution >= 4 is 84.8 Å². The highest BCUT2D eigenvalue weighted by Gasteiger charge is 2.25. The third kappa shape index (κ3) is 7.98. The van der Waals surface area contributed by atoms with E-state index < -0.39 is 82.9 Å². The van der Waals surface area contributed by atoms with Crippen molar-refractivity contribution in [3.8, 4) is 22.6 Å². The molecule has 0 aromatic heterocycles. The van der Waals surface area contributed by atoms with Crippen molar-refractivity contribution in [1.29, 1.82) is 0 Å². The molecule has 0 bridgehead atoms. The lowest BCUT2D eigenvalue weighted by atomic mass is 10.0. The number of azo groups is 2. The van der Waals surface area contributed by atoms with Gasteiger partial charge in [-0.2, -0.15) is 43.9 Å². The number of aromatic hydroxyl groups is 2. The first-order valence-electron chi connectivity index (χ1n) is 15.5. The molecular weight excluding hydrogens is 817 g/mol. The molecule has 0 amide bonds. The van der Waals surface area contributed by atoms with E-state index >= 15 is 0 Å². The van der Waals surface area contributed by atoms with Crippen molar-refractivity contribution in [2.75, 3.05) is 0 Å². The van der Waals surface area contributed by atoms with Crippen LogP contribution in [0.1, 0.15) is 11.1 Å². The molecule has 6 rings (SSSR count). The van der Waals surface area contributed by atoms with Crippen molar-refractivity contribution in [2.24, 2.45) is 20.5 Å². The van der Waals surface area contributed by atoms with E-state index in [2.05, 4.69) is 20.5 Å². The van der Waals surface area contributed by atoms with E-state index in [0.29, 0.717) is 28.3 Å². The molecule has 0 saturated heterocycles. The number of phenols is 2. The molecule has 0 saturated carbocycles. The summed E-state index contributed by atoms with van der Waals surface area (Å²) in [5.74, 6) is -1.50. The summed E-state index contributed by atoms with van der Waals surface area (Å²) >= 11 is 0. The largest absolute Gasteiger partial charge is 0.506 e. The van der Waals surface area contributed by atoms with Crippen LogP contribution >= 0.6 is 0 Å². The topological polar surface area (TPSA) is 307 Å². The van der Waals surface area contributed by atoms with Gasteiger partial charge >= 0.3 is 0 Å². The molecule has 22 heteroatoms. The third-order valence-corrected chi connectivity index (χ3v) is 11.8. The molecule has 0 aliphatic carbocycles. The van der Waals surface area contributed by atoms with E-state index in [1.807, 2.05) is 0 Å². The van der Waals surface area contributed by atoms with Gasteiger partial charge < -0.3 is 10.2 Å². The molecule has 0 fully saturated rings. The average molecular weight is 843 g/mol. The van der Waals surface area contributed by atoms with E-state index in [4.69, 9.17) is 0 Å². The van der Waals surface area contributed by atoms with Crippen LogP contribution in [-0.2, 0) is 40.5 Å². The van der Waals surface area contributed by atoms with Gasteiger partial charge in [-0.3, -0.25) is 18.2 Å². The summed E-state index contributed by atoms with van der Waals surface area (Å²) in [7, 11) is -19.7. The molecule has 56 heavy (non-hydrogen) atoms. The van der Waals surface area contributed by atoms with Crippen molar-refractivity contribution in [2.45, 2.75) is 33.4 Å². The first kappa shape index (κ1) is 40.0. The zero-order valence-corrected chi connectivity index (χ0v) is 31.7. The minimum absolute atomic E-state index is 0.0499. The number of benzene rings is 6. The lowest BCUT2D eigenvalue weighted by molar-refractivity contribution is 0.444. The second-order valence-electron chi connectivity index (χ2n) is 12.2. The van der Waals surface area contributed by atoms with Gasteiger partial charge in [-0.05, 0) is 108 Å². The Bertz CT molecular complexity index is 3130. The maximum atomic E-state index is 12.2. The SMILES string of the molecule is Cc1cc(-c2ccc(/N=N/c3c(O)ccc4cc(S(=O)(=O)O)cc(S(=O)(=O)O)c34)c(C)c2)ccc1/N=N/c1c(O)c(S(=O)(=O)O)cc2cc(S(=O)(=O)O)ccc12. The molecule has 0 aliphatic rings. The number of phenolic OH excluding ortho intramolecular Hbond substituents is 2. The average Bonchev–Trinajstić information content (AvgIpc) is 3.09. The summed E-state index contributed by atoms with van der Waals surface area (Å²) in [4.78, 5) is -3.30. The second-order valence-corrected chi connectivity index (χ2v) is 17.8. The van der Waals surface area contributed by atoms with Crippen molar-refractivity contribution in [3.05, 3.63) is 96.1 Å². The van der Waals surface area contributed by atoms with E-state index in [1.54, 1.807) is 50.2 Å². The first-order valence-corrected chi connectivity index (χ1v) is 21.2. The molecule has 6 aromatic rings. The van der Waals surface area contributed by atoms with Crippen LogP contribution in [0.15, 0.2) is 125 Å². The quantitative estimate of drug-likeness (QED) is 0.0606. The highest BCUT2D eigenvalue weighted by Crippen LogP contribution is 2.43. The van der Waals surface area contributed by atoms with Gasteiger partial charge in [0.05, 0.1) is 21.2 Å². The van der Waals surface area contributed by atoms with Crippen LogP contribution < -0.4 is 0 Å². The van der Waals surface area contributed by atoms with E-state index in [9.17, 15) is 62.1 Å². The number of fused-ring (bicyclic) bond motifs is 2. The maximum Gasteiger partial charge on any atom is 0.298 e. The standard InChI is InChI=1S/C34H26N4O14S4/c1-17-11-19(3-8-26(17)35-37-32-25-7-6-23(53(41,42)43)14-22(25)15-30(34(32)40)56(50,51)52)20-4-9-27(18(2)12-20)36-38-33-28(39)10-5-21-13-24(54(44,45)46)16-29(31(21)33)55(47,48)49/h3-16,39-40H,1-2H3,(H,41,42,43)(H,44,45,46)(H,47,48,49)(H,50,51,52)/b37-35+,38-36+. The van der Waals surface area contributed by atoms with Crippen molar-refractivity contribution in [3.63, 3.8) is 0 Å². The molecule has 18 nitrogen and oxygen atoms in total. The van der Waals surface area contributed by atoms with Gasteiger partial charge in [-0.15, -0.1) is 10.2 Å². The van der Waals surface area contributed by atoms with Gasteiger partial charge in [-0.1, -0.05) is 24.3 Å². The normalized spacial score (nSPS) is 13.0. The molecule has 6 aromatic carbocycles. The van der Waals surface area contributed by atoms with Gasteiger partial charge in [0, 0.05) is 10.8 Å². The lowest BCUT2D eigenvalue weighted by Gasteiger charge is -2.11. The Morgan fingerprint density at radius 1 is 0.464 bits per heavy atom. The van der Waals surface area contributed by atoms with E-state index in [1.165, 1.54) is 12.1 Å². The molecule has 0 aliphatic heterocycles. The Morgan fingerprint density at radius 2 is 0.982 bits per heavy atom. The molecule has 6 N–H and O–H groups in total. The summed E-state index contributed by atoms with van der Waals surface area (Å²) in [5, 5.41) is 37.1.